The molecule has 2 N–H and O–H groups in total. The maximum Gasteiger partial charge on any atom is 0.261 e. The minimum Gasteiger partial charge on any atom is -0.322 e. The Morgan fingerprint density at radius 2 is 1.51 bits per heavy atom. The minimum atomic E-state index is -3.88. The number of sulfonamides is 2. The Kier molecular flexibility index (Phi) is 8.15. The van der Waals surface area contributed by atoms with Gasteiger partial charge in [-0.3, -0.25) is 9.52 Å². The van der Waals surface area contributed by atoms with E-state index in [-0.39, 0.29) is 20.4 Å². The zero-order valence-electron chi connectivity index (χ0n) is 19.8. The van der Waals surface area contributed by atoms with Crippen molar-refractivity contribution >= 4 is 60.5 Å². The zero-order chi connectivity index (χ0) is 26.8. The van der Waals surface area contributed by atoms with E-state index in [2.05, 4.69) is 17.0 Å². The van der Waals surface area contributed by atoms with Crippen LogP contribution in [0.25, 0.3) is 0 Å². The lowest BCUT2D eigenvalue weighted by Gasteiger charge is -2.29. The van der Waals surface area contributed by atoms with E-state index < -0.39 is 26.0 Å². The predicted octanol–water partition coefficient (Wildman–Crippen LogP) is 5.47. The maximum atomic E-state index is 13.1. The van der Waals surface area contributed by atoms with Crippen LogP contribution < -0.4 is 10.0 Å². The summed E-state index contributed by atoms with van der Waals surface area (Å²) in [5, 5.41) is 3.11. The largest absolute Gasteiger partial charge is 0.322 e. The van der Waals surface area contributed by atoms with Gasteiger partial charge in [-0.25, -0.2) is 16.8 Å². The summed E-state index contributed by atoms with van der Waals surface area (Å²) in [6.07, 6.45) is 1.56. The number of nitrogens with one attached hydrogen (secondary N) is 2. The minimum absolute atomic E-state index is 0.00700. The Labute approximate surface area is 226 Å². The average Bonchev–Trinajstić information content (AvgIpc) is 2.84. The monoisotopic (exact) mass is 581 g/mol. The Morgan fingerprint density at radius 1 is 0.865 bits per heavy atom. The van der Waals surface area contributed by atoms with E-state index in [1.165, 1.54) is 52.8 Å². The molecule has 0 bridgehead atoms. The highest BCUT2D eigenvalue weighted by atomic mass is 35.5. The number of rotatable bonds is 7. The lowest BCUT2D eigenvalue weighted by Crippen LogP contribution is -2.37. The van der Waals surface area contributed by atoms with Gasteiger partial charge in [0.1, 0.15) is 0 Å². The molecule has 1 aliphatic heterocycles. The van der Waals surface area contributed by atoms with Crippen molar-refractivity contribution in [2.45, 2.75) is 29.6 Å². The maximum absolute atomic E-state index is 13.1. The molecule has 1 aliphatic rings. The van der Waals surface area contributed by atoms with E-state index in [4.69, 9.17) is 23.2 Å². The van der Waals surface area contributed by atoms with Gasteiger partial charge in [0.15, 0.2) is 0 Å². The third-order valence-corrected chi connectivity index (χ3v) is 9.92. The summed E-state index contributed by atoms with van der Waals surface area (Å²) in [6.45, 7) is 2.94. The van der Waals surface area contributed by atoms with E-state index in [1.807, 2.05) is 0 Å². The van der Waals surface area contributed by atoms with Crippen molar-refractivity contribution in [1.82, 2.24) is 4.31 Å². The van der Waals surface area contributed by atoms with E-state index in [0.29, 0.717) is 35.4 Å². The quantitative estimate of drug-likeness (QED) is 0.384. The molecule has 3 aromatic carbocycles. The van der Waals surface area contributed by atoms with E-state index in [0.717, 1.165) is 12.8 Å². The molecule has 1 fully saturated rings. The van der Waals surface area contributed by atoms with Gasteiger partial charge in [0, 0.05) is 23.8 Å². The van der Waals surface area contributed by atoms with Crippen molar-refractivity contribution in [1.29, 1.82) is 0 Å². The molecule has 3 aromatic rings. The number of benzene rings is 3. The number of amides is 1. The van der Waals surface area contributed by atoms with Gasteiger partial charge in [-0.15, -0.1) is 0 Å². The van der Waals surface area contributed by atoms with E-state index in [1.54, 1.807) is 18.2 Å². The number of anilines is 2. The number of carbonyl (C=O) groups is 1. The van der Waals surface area contributed by atoms with Crippen molar-refractivity contribution in [2.24, 2.45) is 5.92 Å². The molecule has 0 aliphatic carbocycles. The number of piperidine rings is 1. The van der Waals surface area contributed by atoms with Crippen molar-refractivity contribution < 1.29 is 21.6 Å². The fourth-order valence-corrected chi connectivity index (χ4v) is 6.83. The molecule has 0 radical (unpaired) electrons. The van der Waals surface area contributed by atoms with Crippen LogP contribution in [0.3, 0.4) is 0 Å². The third-order valence-electron chi connectivity index (χ3n) is 6.06. The Hall–Kier alpha value is -2.63. The van der Waals surface area contributed by atoms with Gasteiger partial charge in [-0.2, -0.15) is 4.31 Å². The average molecular weight is 583 g/mol. The molecule has 0 saturated carbocycles. The molecule has 1 heterocycles. The number of hydrogen-bond acceptors (Lipinski definition) is 5. The van der Waals surface area contributed by atoms with Crippen LogP contribution in [-0.2, 0) is 20.0 Å². The second kappa shape index (κ2) is 11.0. The molecular formula is C25H25Cl2N3O5S2. The SMILES string of the molecule is CC1CCN(S(=O)(=O)c2ccc(Cl)c(C(=O)Nc3ccc(S(=O)(=O)Nc4cccc(Cl)c4)cc3)c2)CC1. The lowest BCUT2D eigenvalue weighted by atomic mass is 10.0. The normalized spacial score (nSPS) is 15.3. The van der Waals surface area contributed by atoms with E-state index >= 15 is 0 Å². The van der Waals surface area contributed by atoms with Crippen LogP contribution in [0.5, 0.6) is 0 Å². The highest BCUT2D eigenvalue weighted by Crippen LogP contribution is 2.27. The van der Waals surface area contributed by atoms with Crippen molar-refractivity contribution in [3.8, 4) is 0 Å². The number of carbonyl (C=O) groups excluding carboxylic acids is 1. The van der Waals surface area contributed by atoms with Crippen LogP contribution >= 0.6 is 23.2 Å². The van der Waals surface area contributed by atoms with Gasteiger partial charge in [-0.1, -0.05) is 36.2 Å². The predicted molar refractivity (Wildman–Crippen MR) is 145 cm³/mol. The standard InChI is InChI=1S/C25H25Cl2N3O5S2/c1-17-11-13-30(14-12-17)37(34,35)22-9-10-24(27)23(16-22)25(31)28-19-5-7-21(8-6-19)36(32,33)29-20-4-2-3-18(26)15-20/h2-10,15-17,29H,11-14H2,1H3,(H,28,31). The summed E-state index contributed by atoms with van der Waals surface area (Å²) in [4.78, 5) is 12.9. The van der Waals surface area contributed by atoms with Gasteiger partial charge in [0.05, 0.1) is 26.1 Å². The second-order valence-electron chi connectivity index (χ2n) is 8.82. The summed E-state index contributed by atoms with van der Waals surface area (Å²) >= 11 is 12.1. The first-order chi connectivity index (χ1) is 17.5. The third kappa shape index (κ3) is 6.45. The Morgan fingerprint density at radius 3 is 2.16 bits per heavy atom. The number of hydrogen-bond donors (Lipinski definition) is 2. The van der Waals surface area contributed by atoms with Gasteiger partial charge < -0.3 is 5.32 Å². The number of halogens is 2. The number of nitrogens with zero attached hydrogens (tertiary/aromatic N) is 1. The first kappa shape index (κ1) is 27.4. The fourth-order valence-electron chi connectivity index (χ4n) is 3.90. The van der Waals surface area contributed by atoms with Crippen LogP contribution in [0.1, 0.15) is 30.1 Å². The summed E-state index contributed by atoms with van der Waals surface area (Å²) in [5.74, 6) is -0.158. The molecule has 8 nitrogen and oxygen atoms in total. The molecule has 12 heteroatoms. The van der Waals surface area contributed by atoms with Crippen LogP contribution in [0.15, 0.2) is 76.5 Å². The molecule has 1 amide bonds. The first-order valence-corrected chi connectivity index (χ1v) is 15.1. The van der Waals surface area contributed by atoms with Gasteiger partial charge in [-0.05, 0) is 79.4 Å². The summed E-state index contributed by atoms with van der Waals surface area (Å²) in [6, 6.07) is 15.9. The van der Waals surface area contributed by atoms with Gasteiger partial charge in [0.25, 0.3) is 15.9 Å². The molecule has 0 atom stereocenters. The van der Waals surface area contributed by atoms with Crippen LogP contribution in [0.4, 0.5) is 11.4 Å². The van der Waals surface area contributed by atoms with Crippen molar-refractivity contribution in [2.75, 3.05) is 23.1 Å². The summed E-state index contributed by atoms with van der Waals surface area (Å²) in [7, 11) is -7.65. The van der Waals surface area contributed by atoms with Crippen LogP contribution in [0, 0.1) is 5.92 Å². The van der Waals surface area contributed by atoms with Gasteiger partial charge >= 0.3 is 0 Å². The van der Waals surface area contributed by atoms with Crippen molar-refractivity contribution in [3.63, 3.8) is 0 Å². The van der Waals surface area contributed by atoms with Crippen molar-refractivity contribution in [3.05, 3.63) is 82.3 Å². The smallest absolute Gasteiger partial charge is 0.261 e. The first-order valence-electron chi connectivity index (χ1n) is 11.5. The highest BCUT2D eigenvalue weighted by molar-refractivity contribution is 7.92. The molecule has 196 valence electrons. The van der Waals surface area contributed by atoms with E-state index in [9.17, 15) is 21.6 Å². The molecule has 1 saturated heterocycles. The molecule has 0 unspecified atom stereocenters. The van der Waals surface area contributed by atoms with Crippen LogP contribution in [0.2, 0.25) is 10.0 Å². The molecule has 0 aromatic heterocycles. The van der Waals surface area contributed by atoms with Gasteiger partial charge in [0.2, 0.25) is 10.0 Å². The molecular weight excluding hydrogens is 557 g/mol. The molecule has 37 heavy (non-hydrogen) atoms. The fraction of sp³-hybridized carbons (Fsp3) is 0.240. The topological polar surface area (TPSA) is 113 Å². The lowest BCUT2D eigenvalue weighted by molar-refractivity contribution is 0.102. The highest BCUT2D eigenvalue weighted by Gasteiger charge is 2.29. The summed E-state index contributed by atoms with van der Waals surface area (Å²) in [5.41, 5.74) is 0.613. The molecule has 4 rings (SSSR count). The van der Waals surface area contributed by atoms with Crippen LogP contribution in [-0.4, -0.2) is 40.1 Å². The second-order valence-corrected chi connectivity index (χ2v) is 13.3. The molecule has 0 spiro atoms. The Bertz CT molecular complexity index is 1520. The zero-order valence-corrected chi connectivity index (χ0v) is 23.0. The Balaban J connectivity index is 1.49. The summed E-state index contributed by atoms with van der Waals surface area (Å²) < 4.78 is 55.4.